The number of carboxylic acid groups (broad SMARTS) is 1. The number of para-hydroxylation sites is 1. The second kappa shape index (κ2) is 4.69. The van der Waals surface area contributed by atoms with Crippen LogP contribution in [0.25, 0.3) is 10.9 Å². The van der Waals surface area contributed by atoms with Gasteiger partial charge in [-0.2, -0.15) is 0 Å². The molecule has 1 aromatic heterocycles. The van der Waals surface area contributed by atoms with E-state index in [1.54, 1.807) is 13.0 Å². The molecule has 0 saturated carbocycles. The van der Waals surface area contributed by atoms with Crippen molar-refractivity contribution in [3.8, 4) is 0 Å². The number of aliphatic carboxylic acids is 1. The Labute approximate surface area is 122 Å². The summed E-state index contributed by atoms with van der Waals surface area (Å²) in [6.07, 6.45) is 0.584. The quantitative estimate of drug-likeness (QED) is 0.923. The minimum Gasteiger partial charge on any atom is -0.481 e. The highest BCUT2D eigenvalue weighted by molar-refractivity contribution is 5.93. The van der Waals surface area contributed by atoms with E-state index in [1.165, 1.54) is 6.07 Å². The van der Waals surface area contributed by atoms with Crippen molar-refractivity contribution in [2.75, 3.05) is 18.0 Å². The molecule has 1 aliphatic rings. The lowest BCUT2D eigenvalue weighted by molar-refractivity contribution is -0.146. The smallest absolute Gasteiger partial charge is 0.311 e. The highest BCUT2D eigenvalue weighted by Crippen LogP contribution is 2.37. The molecule has 4 nitrogen and oxygen atoms in total. The van der Waals surface area contributed by atoms with Crippen LogP contribution in [0.5, 0.6) is 0 Å². The van der Waals surface area contributed by atoms with E-state index in [2.05, 4.69) is 4.98 Å². The monoisotopic (exact) mass is 288 g/mol. The number of pyridine rings is 1. The van der Waals surface area contributed by atoms with E-state index >= 15 is 0 Å². The largest absolute Gasteiger partial charge is 0.481 e. The van der Waals surface area contributed by atoms with Crippen LogP contribution in [0, 0.1) is 18.2 Å². The Hall–Kier alpha value is -2.17. The van der Waals surface area contributed by atoms with Crippen molar-refractivity contribution in [2.45, 2.75) is 20.3 Å². The van der Waals surface area contributed by atoms with Gasteiger partial charge in [0.25, 0.3) is 0 Å². The maximum atomic E-state index is 13.9. The first-order valence-electron chi connectivity index (χ1n) is 6.95. The van der Waals surface area contributed by atoms with Crippen LogP contribution in [0.4, 0.5) is 10.1 Å². The van der Waals surface area contributed by atoms with E-state index in [4.69, 9.17) is 0 Å². The number of hydrogen-bond donors (Lipinski definition) is 1. The average molecular weight is 288 g/mol. The number of benzene rings is 1. The number of carbonyl (C=O) groups is 1. The number of anilines is 1. The van der Waals surface area contributed by atoms with Crippen molar-refractivity contribution in [1.29, 1.82) is 0 Å². The number of aryl methyl sites for hydroxylation is 1. The molecule has 1 saturated heterocycles. The third kappa shape index (κ3) is 2.22. The number of carboxylic acids is 1. The Kier molecular flexibility index (Phi) is 3.08. The fourth-order valence-corrected chi connectivity index (χ4v) is 2.92. The molecule has 1 unspecified atom stereocenters. The molecule has 1 aromatic carbocycles. The third-order valence-corrected chi connectivity index (χ3v) is 4.23. The van der Waals surface area contributed by atoms with Gasteiger partial charge in [-0.05, 0) is 32.4 Å². The van der Waals surface area contributed by atoms with Gasteiger partial charge in [0.1, 0.15) is 11.3 Å². The Morgan fingerprint density at radius 2 is 2.24 bits per heavy atom. The average Bonchev–Trinajstić information content (AvgIpc) is 2.83. The molecule has 1 aliphatic heterocycles. The summed E-state index contributed by atoms with van der Waals surface area (Å²) in [4.78, 5) is 17.7. The molecule has 1 fully saturated rings. The first-order chi connectivity index (χ1) is 9.90. The van der Waals surface area contributed by atoms with Crippen molar-refractivity contribution >= 4 is 22.6 Å². The number of rotatable bonds is 2. The van der Waals surface area contributed by atoms with Gasteiger partial charge in [-0.1, -0.05) is 12.1 Å². The lowest BCUT2D eigenvalue weighted by Gasteiger charge is -2.23. The van der Waals surface area contributed by atoms with Crippen molar-refractivity contribution in [3.05, 3.63) is 35.8 Å². The van der Waals surface area contributed by atoms with Gasteiger partial charge >= 0.3 is 5.97 Å². The molecular formula is C16H17FN2O2. The molecule has 2 aromatic rings. The standard InChI is InChI=1S/C16H17FN2O2/c1-10-8-13(11-4-3-5-12(17)14(11)18-10)19-7-6-16(2,9-19)15(20)21/h3-5,8H,6-7,9H2,1-2H3,(H,20,21). The van der Waals surface area contributed by atoms with Crippen molar-refractivity contribution < 1.29 is 14.3 Å². The zero-order chi connectivity index (χ0) is 15.2. The van der Waals surface area contributed by atoms with Crippen LogP contribution >= 0.6 is 0 Å². The molecule has 3 rings (SSSR count). The summed E-state index contributed by atoms with van der Waals surface area (Å²) in [5.41, 5.74) is 1.18. The van der Waals surface area contributed by atoms with Crippen molar-refractivity contribution in [2.24, 2.45) is 5.41 Å². The zero-order valence-corrected chi connectivity index (χ0v) is 12.1. The lowest BCUT2D eigenvalue weighted by atomic mass is 9.90. The summed E-state index contributed by atoms with van der Waals surface area (Å²) in [6.45, 7) is 4.66. The zero-order valence-electron chi connectivity index (χ0n) is 12.1. The minimum absolute atomic E-state index is 0.344. The number of fused-ring (bicyclic) bond motifs is 1. The molecule has 1 atom stereocenters. The molecule has 0 radical (unpaired) electrons. The summed E-state index contributed by atoms with van der Waals surface area (Å²) in [6, 6.07) is 6.78. The normalized spacial score (nSPS) is 22.0. The molecule has 110 valence electrons. The number of hydrogen-bond acceptors (Lipinski definition) is 3. The highest BCUT2D eigenvalue weighted by atomic mass is 19.1. The lowest BCUT2D eigenvalue weighted by Crippen LogP contribution is -2.31. The molecule has 5 heteroatoms. The van der Waals surface area contributed by atoms with Crippen LogP contribution in [-0.4, -0.2) is 29.1 Å². The second-order valence-electron chi connectivity index (χ2n) is 5.96. The van der Waals surface area contributed by atoms with Gasteiger partial charge in [-0.3, -0.25) is 4.79 Å². The Morgan fingerprint density at radius 1 is 1.48 bits per heavy atom. The van der Waals surface area contributed by atoms with Crippen LogP contribution in [0.3, 0.4) is 0 Å². The van der Waals surface area contributed by atoms with Gasteiger partial charge in [0.2, 0.25) is 0 Å². The molecule has 0 spiro atoms. The fraction of sp³-hybridized carbons (Fsp3) is 0.375. The summed E-state index contributed by atoms with van der Waals surface area (Å²) >= 11 is 0. The van der Waals surface area contributed by atoms with Crippen LogP contribution in [0.15, 0.2) is 24.3 Å². The molecule has 0 amide bonds. The summed E-state index contributed by atoms with van der Waals surface area (Å²) in [5, 5.41) is 10.1. The number of nitrogens with zero attached hydrogens (tertiary/aromatic N) is 2. The first kappa shape index (κ1) is 13.8. The number of aromatic nitrogens is 1. The molecular weight excluding hydrogens is 271 g/mol. The van der Waals surface area contributed by atoms with E-state index in [0.29, 0.717) is 25.0 Å². The predicted molar refractivity (Wildman–Crippen MR) is 79.0 cm³/mol. The fourth-order valence-electron chi connectivity index (χ4n) is 2.92. The summed E-state index contributed by atoms with van der Waals surface area (Å²) in [7, 11) is 0. The minimum atomic E-state index is -0.786. The van der Waals surface area contributed by atoms with Gasteiger partial charge in [0, 0.05) is 29.9 Å². The maximum absolute atomic E-state index is 13.9. The molecule has 2 heterocycles. The predicted octanol–water partition coefficient (Wildman–Crippen LogP) is 2.98. The topological polar surface area (TPSA) is 53.4 Å². The van der Waals surface area contributed by atoms with Crippen molar-refractivity contribution in [1.82, 2.24) is 4.98 Å². The molecule has 1 N–H and O–H groups in total. The summed E-state index contributed by atoms with van der Waals surface area (Å²) in [5.74, 6) is -1.14. The van der Waals surface area contributed by atoms with E-state index in [9.17, 15) is 14.3 Å². The van der Waals surface area contributed by atoms with Crippen molar-refractivity contribution in [3.63, 3.8) is 0 Å². The van der Waals surface area contributed by atoms with E-state index < -0.39 is 11.4 Å². The van der Waals surface area contributed by atoms with Gasteiger partial charge in [-0.25, -0.2) is 9.37 Å². The van der Waals surface area contributed by atoms with E-state index in [0.717, 1.165) is 16.8 Å². The van der Waals surface area contributed by atoms with Gasteiger partial charge in [0.15, 0.2) is 0 Å². The highest BCUT2D eigenvalue weighted by Gasteiger charge is 2.41. The Morgan fingerprint density at radius 3 is 2.90 bits per heavy atom. The van der Waals surface area contributed by atoms with Crippen LogP contribution in [0.2, 0.25) is 0 Å². The SMILES string of the molecule is Cc1cc(N2CCC(C)(C(=O)O)C2)c2cccc(F)c2n1. The molecule has 0 aliphatic carbocycles. The van der Waals surface area contributed by atoms with Crippen LogP contribution < -0.4 is 4.90 Å². The maximum Gasteiger partial charge on any atom is 0.311 e. The van der Waals surface area contributed by atoms with Gasteiger partial charge in [0.05, 0.1) is 5.41 Å². The second-order valence-corrected chi connectivity index (χ2v) is 5.96. The van der Waals surface area contributed by atoms with Crippen LogP contribution in [0.1, 0.15) is 19.0 Å². The Balaban J connectivity index is 2.10. The third-order valence-electron chi connectivity index (χ3n) is 4.23. The van der Waals surface area contributed by atoms with Gasteiger partial charge < -0.3 is 10.0 Å². The van der Waals surface area contributed by atoms with E-state index in [1.807, 2.05) is 24.0 Å². The number of halogens is 1. The summed E-state index contributed by atoms with van der Waals surface area (Å²) < 4.78 is 13.9. The van der Waals surface area contributed by atoms with Gasteiger partial charge in [-0.15, -0.1) is 0 Å². The van der Waals surface area contributed by atoms with Crippen LogP contribution in [-0.2, 0) is 4.79 Å². The first-order valence-corrected chi connectivity index (χ1v) is 6.95. The Bertz CT molecular complexity index is 732. The van der Waals surface area contributed by atoms with E-state index in [-0.39, 0.29) is 5.82 Å². The molecule has 21 heavy (non-hydrogen) atoms. The molecule has 0 bridgehead atoms.